The number of β-amino-alcohol motifs (C(OH)–C–C–N with tert-alkyl or cyclic N) is 1. The summed E-state index contributed by atoms with van der Waals surface area (Å²) >= 11 is 0. The van der Waals surface area contributed by atoms with Crippen molar-refractivity contribution in [2.45, 2.75) is 25.0 Å². The molecule has 1 atom stereocenters. The molecule has 2 N–H and O–H groups in total. The lowest BCUT2D eigenvalue weighted by atomic mass is 9.92. The van der Waals surface area contributed by atoms with E-state index in [4.69, 9.17) is 9.47 Å². The topological polar surface area (TPSA) is 103 Å². The van der Waals surface area contributed by atoms with Gasteiger partial charge in [-0.1, -0.05) is 12.1 Å². The maximum Gasteiger partial charge on any atom is 0.260 e. The van der Waals surface area contributed by atoms with Gasteiger partial charge in [-0.3, -0.25) is 4.79 Å². The Labute approximate surface area is 206 Å². The predicted octanol–water partition coefficient (Wildman–Crippen LogP) is 0.901. The fourth-order valence-electron chi connectivity index (χ4n) is 4.40. The van der Waals surface area contributed by atoms with E-state index in [1.54, 1.807) is 11.2 Å². The summed E-state index contributed by atoms with van der Waals surface area (Å²) < 4.78 is 10.9. The first kappa shape index (κ1) is 25.2. The molecule has 10 nitrogen and oxygen atoms in total. The number of ether oxygens (including phenoxy) is 2. The van der Waals surface area contributed by atoms with E-state index < -0.39 is 5.60 Å². The fourth-order valence-corrected chi connectivity index (χ4v) is 4.40. The van der Waals surface area contributed by atoms with Crippen LogP contribution in [-0.2, 0) is 16.1 Å². The van der Waals surface area contributed by atoms with Crippen LogP contribution in [0.1, 0.15) is 18.4 Å². The summed E-state index contributed by atoms with van der Waals surface area (Å²) in [5.74, 6) is 2.33. The molecule has 1 aromatic carbocycles. The minimum atomic E-state index is -0.829. The monoisotopic (exact) mass is 484 g/mol. The number of piperidine rings is 1. The summed E-state index contributed by atoms with van der Waals surface area (Å²) in [6, 6.07) is 9.65. The lowest BCUT2D eigenvalue weighted by Crippen LogP contribution is -2.53. The molecule has 3 heterocycles. The van der Waals surface area contributed by atoms with Gasteiger partial charge < -0.3 is 34.6 Å². The van der Waals surface area contributed by atoms with E-state index in [0.29, 0.717) is 51.7 Å². The Morgan fingerprint density at radius 2 is 1.97 bits per heavy atom. The summed E-state index contributed by atoms with van der Waals surface area (Å²) in [5.41, 5.74) is 0.254. The highest BCUT2D eigenvalue weighted by Crippen LogP contribution is 2.26. The molecule has 35 heavy (non-hydrogen) atoms. The minimum absolute atomic E-state index is 0.0197. The molecule has 4 rings (SSSR count). The number of hydrogen-bond donors (Lipinski definition) is 2. The first-order valence-electron chi connectivity index (χ1n) is 12.2. The van der Waals surface area contributed by atoms with Crippen LogP contribution >= 0.6 is 0 Å². The molecule has 0 spiro atoms. The van der Waals surface area contributed by atoms with Gasteiger partial charge in [-0.15, -0.1) is 0 Å². The van der Waals surface area contributed by atoms with Crippen LogP contribution in [0.2, 0.25) is 0 Å². The average Bonchev–Trinajstić information content (AvgIpc) is 2.88. The van der Waals surface area contributed by atoms with Crippen molar-refractivity contribution < 1.29 is 19.4 Å². The van der Waals surface area contributed by atoms with Crippen LogP contribution in [0.5, 0.6) is 5.75 Å². The second-order valence-corrected chi connectivity index (χ2v) is 9.41. The Bertz CT molecular complexity index is 967. The van der Waals surface area contributed by atoms with Gasteiger partial charge in [0.05, 0.1) is 18.8 Å². The largest absolute Gasteiger partial charge is 0.484 e. The van der Waals surface area contributed by atoms with Crippen molar-refractivity contribution in [2.75, 3.05) is 76.4 Å². The Morgan fingerprint density at radius 1 is 1.20 bits per heavy atom. The zero-order valence-electron chi connectivity index (χ0n) is 20.7. The van der Waals surface area contributed by atoms with Crippen molar-refractivity contribution in [1.82, 2.24) is 20.2 Å². The zero-order chi connectivity index (χ0) is 24.7. The molecule has 2 aliphatic rings. The molecule has 0 bridgehead atoms. The van der Waals surface area contributed by atoms with Crippen molar-refractivity contribution >= 4 is 17.5 Å². The van der Waals surface area contributed by atoms with Gasteiger partial charge in [-0.05, 0) is 30.5 Å². The SMILES string of the molecule is CN(C)c1cc(N2CCC[C@](O)(CNCc3ccc(OCC(=O)N4CCOCC4)cc3)C2)ncn1. The number of morpholine rings is 1. The second-order valence-electron chi connectivity index (χ2n) is 9.41. The van der Waals surface area contributed by atoms with Gasteiger partial charge in [0.15, 0.2) is 6.61 Å². The smallest absolute Gasteiger partial charge is 0.260 e. The van der Waals surface area contributed by atoms with E-state index >= 15 is 0 Å². The first-order chi connectivity index (χ1) is 16.9. The quantitative estimate of drug-likeness (QED) is 0.537. The number of amides is 1. The van der Waals surface area contributed by atoms with Gasteiger partial charge >= 0.3 is 0 Å². The van der Waals surface area contributed by atoms with E-state index in [1.165, 1.54) is 0 Å². The highest BCUT2D eigenvalue weighted by molar-refractivity contribution is 5.77. The van der Waals surface area contributed by atoms with Crippen LogP contribution in [-0.4, -0.2) is 98.1 Å². The van der Waals surface area contributed by atoms with Crippen LogP contribution in [0.3, 0.4) is 0 Å². The third kappa shape index (κ3) is 7.03. The highest BCUT2D eigenvalue weighted by atomic mass is 16.5. The third-order valence-electron chi connectivity index (χ3n) is 6.41. The van der Waals surface area contributed by atoms with Gasteiger partial charge in [-0.25, -0.2) is 9.97 Å². The molecule has 1 amide bonds. The Kier molecular flexibility index (Phi) is 8.37. The molecule has 0 saturated carbocycles. The molecule has 0 radical (unpaired) electrons. The number of anilines is 2. The number of benzene rings is 1. The highest BCUT2D eigenvalue weighted by Gasteiger charge is 2.33. The van der Waals surface area contributed by atoms with Crippen molar-refractivity contribution in [2.24, 2.45) is 0 Å². The van der Waals surface area contributed by atoms with Gasteiger partial charge in [-0.2, -0.15) is 0 Å². The summed E-state index contributed by atoms with van der Waals surface area (Å²) in [5, 5.41) is 14.6. The van der Waals surface area contributed by atoms with Crippen LogP contribution in [0, 0.1) is 0 Å². The van der Waals surface area contributed by atoms with Crippen LogP contribution < -0.4 is 19.9 Å². The van der Waals surface area contributed by atoms with Crippen molar-refractivity contribution in [3.8, 4) is 5.75 Å². The second kappa shape index (κ2) is 11.7. The lowest BCUT2D eigenvalue weighted by Gasteiger charge is -2.40. The number of carbonyl (C=O) groups excluding carboxylic acids is 1. The van der Waals surface area contributed by atoms with E-state index in [9.17, 15) is 9.90 Å². The van der Waals surface area contributed by atoms with Crippen molar-refractivity contribution in [3.05, 3.63) is 42.2 Å². The van der Waals surface area contributed by atoms with Gasteiger partial charge in [0, 0.05) is 59.4 Å². The molecule has 2 aliphatic heterocycles. The average molecular weight is 485 g/mol. The van der Waals surface area contributed by atoms with E-state index in [-0.39, 0.29) is 12.5 Å². The Hall–Kier alpha value is -2.95. The number of aliphatic hydroxyl groups is 1. The van der Waals surface area contributed by atoms with Gasteiger partial charge in [0.25, 0.3) is 5.91 Å². The lowest BCUT2D eigenvalue weighted by molar-refractivity contribution is -0.137. The molecule has 0 aliphatic carbocycles. The molecule has 10 heteroatoms. The summed E-state index contributed by atoms with van der Waals surface area (Å²) in [4.78, 5) is 26.8. The molecule has 190 valence electrons. The molecule has 2 aromatic rings. The fraction of sp³-hybridized carbons (Fsp3) is 0.560. The minimum Gasteiger partial charge on any atom is -0.484 e. The number of aromatic nitrogens is 2. The number of carbonyl (C=O) groups is 1. The van der Waals surface area contributed by atoms with Crippen LogP contribution in [0.4, 0.5) is 11.6 Å². The van der Waals surface area contributed by atoms with Crippen LogP contribution in [0.25, 0.3) is 0 Å². The number of nitrogens with one attached hydrogen (secondary N) is 1. The summed E-state index contributed by atoms with van der Waals surface area (Å²) in [6.45, 7) is 4.94. The van der Waals surface area contributed by atoms with Crippen molar-refractivity contribution in [1.29, 1.82) is 0 Å². The molecule has 2 saturated heterocycles. The third-order valence-corrected chi connectivity index (χ3v) is 6.41. The maximum atomic E-state index is 12.2. The maximum absolute atomic E-state index is 12.2. The number of hydrogen-bond acceptors (Lipinski definition) is 9. The van der Waals surface area contributed by atoms with Crippen LogP contribution in [0.15, 0.2) is 36.7 Å². The number of nitrogens with zero attached hydrogens (tertiary/aromatic N) is 5. The Balaban J connectivity index is 1.23. The zero-order valence-corrected chi connectivity index (χ0v) is 20.7. The molecule has 0 unspecified atom stereocenters. The summed E-state index contributed by atoms with van der Waals surface area (Å²) in [7, 11) is 3.90. The normalized spacial score (nSPS) is 20.5. The molecule has 2 fully saturated rings. The Morgan fingerprint density at radius 3 is 2.71 bits per heavy atom. The predicted molar refractivity (Wildman–Crippen MR) is 134 cm³/mol. The van der Waals surface area contributed by atoms with Gasteiger partial charge in [0.1, 0.15) is 23.7 Å². The molecular formula is C25H36N6O4. The summed E-state index contributed by atoms with van der Waals surface area (Å²) in [6.07, 6.45) is 3.21. The van der Waals surface area contributed by atoms with E-state index in [1.807, 2.05) is 49.3 Å². The standard InChI is InChI=1S/C25H36N6O4/c1-29(2)22-14-23(28-19-27-22)31-9-3-8-25(33,18-31)17-26-15-20-4-6-21(7-5-20)35-16-24(32)30-10-12-34-13-11-30/h4-7,14,19,26,33H,3,8-13,15-18H2,1-2H3/t25-/m0/s1. The molecule has 1 aromatic heterocycles. The van der Waals surface area contributed by atoms with E-state index in [2.05, 4.69) is 20.2 Å². The van der Waals surface area contributed by atoms with Crippen molar-refractivity contribution in [3.63, 3.8) is 0 Å². The first-order valence-corrected chi connectivity index (χ1v) is 12.2. The van der Waals surface area contributed by atoms with E-state index in [0.717, 1.165) is 36.6 Å². The van der Waals surface area contributed by atoms with Gasteiger partial charge in [0.2, 0.25) is 0 Å². The molecular weight excluding hydrogens is 448 g/mol. The number of rotatable bonds is 9.